The Labute approximate surface area is 108 Å². The summed E-state index contributed by atoms with van der Waals surface area (Å²) in [6.07, 6.45) is 2.18. The van der Waals surface area contributed by atoms with Crippen LogP contribution in [0, 0.1) is 0 Å². The molecule has 0 saturated carbocycles. The van der Waals surface area contributed by atoms with E-state index in [1.807, 2.05) is 23.9 Å². The van der Waals surface area contributed by atoms with E-state index in [2.05, 4.69) is 32.9 Å². The van der Waals surface area contributed by atoms with Crippen molar-refractivity contribution < 1.29 is 4.79 Å². The van der Waals surface area contributed by atoms with Crippen molar-refractivity contribution in [1.82, 2.24) is 0 Å². The summed E-state index contributed by atoms with van der Waals surface area (Å²) in [6, 6.07) is 8.14. The molecular formula is C15H20OS. The lowest BCUT2D eigenvalue weighted by molar-refractivity contribution is 0.0949. The van der Waals surface area contributed by atoms with E-state index in [9.17, 15) is 4.79 Å². The van der Waals surface area contributed by atoms with Crippen molar-refractivity contribution in [2.75, 3.05) is 5.75 Å². The summed E-state index contributed by atoms with van der Waals surface area (Å²) in [7, 11) is 0. The number of carbonyl (C=O) groups is 1. The molecule has 1 heterocycles. The van der Waals surface area contributed by atoms with E-state index >= 15 is 0 Å². The molecule has 0 spiro atoms. The van der Waals surface area contributed by atoms with Crippen molar-refractivity contribution in [3.8, 4) is 0 Å². The van der Waals surface area contributed by atoms with Crippen LogP contribution in [-0.4, -0.2) is 16.3 Å². The van der Waals surface area contributed by atoms with Crippen LogP contribution in [0.1, 0.15) is 55.5 Å². The normalized spacial score (nSPS) is 24.2. The van der Waals surface area contributed by atoms with E-state index in [0.717, 1.165) is 24.2 Å². The van der Waals surface area contributed by atoms with Gasteiger partial charge in [-0.05, 0) is 37.0 Å². The van der Waals surface area contributed by atoms with Crippen molar-refractivity contribution in [2.45, 2.75) is 44.3 Å². The Kier molecular flexibility index (Phi) is 3.62. The van der Waals surface area contributed by atoms with E-state index < -0.39 is 0 Å². The smallest absolute Gasteiger partial charge is 0.178 e. The molecule has 0 N–H and O–H groups in total. The standard InChI is InChI=1S/C15H20OS/c1-11(2)12-5-7-13(8-6-12)14(16)15(3)9-4-10-17-15/h5-8,11H,4,9-10H2,1-3H3. The Bertz CT molecular complexity index is 399. The van der Waals surface area contributed by atoms with Crippen LogP contribution in [0.4, 0.5) is 0 Å². The monoisotopic (exact) mass is 248 g/mol. The first kappa shape index (κ1) is 12.7. The Morgan fingerprint density at radius 3 is 2.41 bits per heavy atom. The summed E-state index contributed by atoms with van der Waals surface area (Å²) in [5, 5.41) is 0. The maximum atomic E-state index is 12.4. The number of thioether (sulfide) groups is 1. The fourth-order valence-electron chi connectivity index (χ4n) is 2.28. The molecule has 17 heavy (non-hydrogen) atoms. The van der Waals surface area contributed by atoms with Crippen LogP contribution < -0.4 is 0 Å². The Balaban J connectivity index is 2.20. The fraction of sp³-hybridized carbons (Fsp3) is 0.533. The maximum Gasteiger partial charge on any atom is 0.178 e. The van der Waals surface area contributed by atoms with Crippen molar-refractivity contribution >= 4 is 17.5 Å². The highest BCUT2D eigenvalue weighted by molar-refractivity contribution is 8.01. The zero-order chi connectivity index (χ0) is 12.5. The highest BCUT2D eigenvalue weighted by atomic mass is 32.2. The Morgan fingerprint density at radius 2 is 1.94 bits per heavy atom. The lowest BCUT2D eigenvalue weighted by Crippen LogP contribution is -2.28. The zero-order valence-electron chi connectivity index (χ0n) is 10.8. The second-order valence-electron chi connectivity index (χ2n) is 5.29. The maximum absolute atomic E-state index is 12.4. The predicted octanol–water partition coefficient (Wildman–Crippen LogP) is 4.28. The molecule has 1 aliphatic heterocycles. The molecule has 0 radical (unpaired) electrons. The minimum Gasteiger partial charge on any atom is -0.293 e. The first-order chi connectivity index (χ1) is 8.03. The molecule has 1 nitrogen and oxygen atoms in total. The molecule has 1 aliphatic rings. The number of hydrogen-bond acceptors (Lipinski definition) is 2. The minimum absolute atomic E-state index is 0.181. The Hall–Kier alpha value is -0.760. The van der Waals surface area contributed by atoms with Crippen molar-refractivity contribution in [1.29, 1.82) is 0 Å². The summed E-state index contributed by atoms with van der Waals surface area (Å²) in [5.74, 6) is 1.94. The van der Waals surface area contributed by atoms with Gasteiger partial charge in [0, 0.05) is 5.56 Å². The van der Waals surface area contributed by atoms with Gasteiger partial charge in [0.2, 0.25) is 0 Å². The van der Waals surface area contributed by atoms with Gasteiger partial charge < -0.3 is 0 Å². The topological polar surface area (TPSA) is 17.1 Å². The molecule has 2 rings (SSSR count). The molecule has 1 aromatic rings. The van der Waals surface area contributed by atoms with E-state index in [1.165, 1.54) is 5.56 Å². The van der Waals surface area contributed by atoms with Gasteiger partial charge in [0.05, 0.1) is 4.75 Å². The van der Waals surface area contributed by atoms with E-state index in [-0.39, 0.29) is 4.75 Å². The van der Waals surface area contributed by atoms with E-state index in [4.69, 9.17) is 0 Å². The third-order valence-corrected chi connectivity index (χ3v) is 5.06. The highest BCUT2D eigenvalue weighted by Crippen LogP contribution is 2.40. The third kappa shape index (κ3) is 2.57. The van der Waals surface area contributed by atoms with Crippen LogP contribution in [0.5, 0.6) is 0 Å². The van der Waals surface area contributed by atoms with Gasteiger partial charge in [0.25, 0.3) is 0 Å². The van der Waals surface area contributed by atoms with Crippen molar-refractivity contribution in [3.05, 3.63) is 35.4 Å². The molecule has 0 aromatic heterocycles. The molecule has 0 amide bonds. The summed E-state index contributed by atoms with van der Waals surface area (Å²) in [6.45, 7) is 6.43. The molecule has 1 saturated heterocycles. The summed E-state index contributed by atoms with van der Waals surface area (Å²) in [4.78, 5) is 12.4. The zero-order valence-corrected chi connectivity index (χ0v) is 11.6. The van der Waals surface area contributed by atoms with E-state index in [1.54, 1.807) is 0 Å². The van der Waals surface area contributed by atoms with E-state index in [0.29, 0.717) is 11.7 Å². The van der Waals surface area contributed by atoms with Gasteiger partial charge >= 0.3 is 0 Å². The number of ketones is 1. The van der Waals surface area contributed by atoms with Gasteiger partial charge in [0.1, 0.15) is 0 Å². The SMILES string of the molecule is CC(C)c1ccc(C(=O)C2(C)CCCS2)cc1. The number of Topliss-reactive ketones (excluding diaryl/α,β-unsaturated/α-hetero) is 1. The average molecular weight is 248 g/mol. The molecule has 92 valence electrons. The van der Waals surface area contributed by atoms with Crippen molar-refractivity contribution in [2.24, 2.45) is 0 Å². The second kappa shape index (κ2) is 4.85. The van der Waals surface area contributed by atoms with Crippen LogP contribution in [0.2, 0.25) is 0 Å². The number of carbonyl (C=O) groups excluding carboxylic acids is 1. The number of hydrogen-bond donors (Lipinski definition) is 0. The first-order valence-electron chi connectivity index (χ1n) is 6.32. The van der Waals surface area contributed by atoms with Gasteiger partial charge in [-0.15, -0.1) is 11.8 Å². The van der Waals surface area contributed by atoms with Crippen LogP contribution in [0.3, 0.4) is 0 Å². The Morgan fingerprint density at radius 1 is 1.29 bits per heavy atom. The molecular weight excluding hydrogens is 228 g/mol. The molecule has 1 aromatic carbocycles. The molecule has 1 fully saturated rings. The fourth-order valence-corrected chi connectivity index (χ4v) is 3.56. The van der Waals surface area contributed by atoms with Gasteiger partial charge in [-0.3, -0.25) is 4.79 Å². The number of rotatable bonds is 3. The van der Waals surface area contributed by atoms with Crippen molar-refractivity contribution in [3.63, 3.8) is 0 Å². The third-order valence-electron chi connectivity index (χ3n) is 3.54. The second-order valence-corrected chi connectivity index (χ2v) is 6.89. The molecule has 1 atom stereocenters. The van der Waals surface area contributed by atoms with Crippen LogP contribution in [0.25, 0.3) is 0 Å². The quantitative estimate of drug-likeness (QED) is 0.743. The highest BCUT2D eigenvalue weighted by Gasteiger charge is 2.37. The van der Waals surface area contributed by atoms with Gasteiger partial charge in [-0.2, -0.15) is 0 Å². The molecule has 1 unspecified atom stereocenters. The average Bonchev–Trinajstić information content (AvgIpc) is 2.76. The summed E-state index contributed by atoms with van der Waals surface area (Å²) < 4.78 is -0.181. The molecule has 0 bridgehead atoms. The first-order valence-corrected chi connectivity index (χ1v) is 7.30. The molecule has 0 aliphatic carbocycles. The van der Waals surface area contributed by atoms with Crippen LogP contribution in [-0.2, 0) is 0 Å². The van der Waals surface area contributed by atoms with Crippen LogP contribution in [0.15, 0.2) is 24.3 Å². The van der Waals surface area contributed by atoms with Crippen LogP contribution >= 0.6 is 11.8 Å². The van der Waals surface area contributed by atoms with Gasteiger partial charge in [-0.25, -0.2) is 0 Å². The summed E-state index contributed by atoms with van der Waals surface area (Å²) in [5.41, 5.74) is 2.16. The lowest BCUT2D eigenvalue weighted by atomic mass is 9.93. The lowest BCUT2D eigenvalue weighted by Gasteiger charge is -2.21. The predicted molar refractivity (Wildman–Crippen MR) is 75.0 cm³/mol. The molecule has 2 heteroatoms. The minimum atomic E-state index is -0.181. The number of benzene rings is 1. The largest absolute Gasteiger partial charge is 0.293 e. The van der Waals surface area contributed by atoms with Gasteiger partial charge in [-0.1, -0.05) is 38.1 Å². The summed E-state index contributed by atoms with van der Waals surface area (Å²) >= 11 is 1.81. The van der Waals surface area contributed by atoms with Gasteiger partial charge in [0.15, 0.2) is 5.78 Å².